The second-order valence-electron chi connectivity index (χ2n) is 10.4. The van der Waals surface area contributed by atoms with Gasteiger partial charge in [0.25, 0.3) is 0 Å². The first-order chi connectivity index (χ1) is 13.4. The first-order valence-electron chi connectivity index (χ1n) is 10.7. The normalized spacial score (nSPS) is 53.7. The Bertz CT molecular complexity index is 834. The molecule has 0 heterocycles. The number of carbonyl (C=O) groups is 1. The van der Waals surface area contributed by atoms with Crippen LogP contribution in [0.15, 0.2) is 36.0 Å². The lowest BCUT2D eigenvalue weighted by Gasteiger charge is -2.64. The number of aliphatic hydroxyl groups excluding tert-OH is 1. The Balaban J connectivity index is 1.87. The predicted molar refractivity (Wildman–Crippen MR) is 108 cm³/mol. The molecule has 160 valence electrons. The summed E-state index contributed by atoms with van der Waals surface area (Å²) >= 11 is 0. The van der Waals surface area contributed by atoms with E-state index in [0.717, 1.165) is 0 Å². The molecule has 0 spiro atoms. The van der Waals surface area contributed by atoms with Crippen molar-refractivity contribution in [2.45, 2.75) is 64.4 Å². The Kier molecular flexibility index (Phi) is 4.40. The number of halogens is 2. The molecule has 4 rings (SSSR count). The van der Waals surface area contributed by atoms with Crippen LogP contribution in [0.25, 0.3) is 0 Å². The van der Waals surface area contributed by atoms with E-state index in [0.29, 0.717) is 24.0 Å². The van der Waals surface area contributed by atoms with Gasteiger partial charge in [0.15, 0.2) is 5.78 Å². The summed E-state index contributed by atoms with van der Waals surface area (Å²) in [4.78, 5) is 12.6. The number of Topliss-reactive ketones (excluding diaryl/α,β-unsaturated/α-hetero) is 1. The Morgan fingerprint density at radius 1 is 1.24 bits per heavy atom. The third-order valence-corrected chi connectivity index (χ3v) is 9.22. The van der Waals surface area contributed by atoms with Crippen molar-refractivity contribution in [1.82, 2.24) is 0 Å². The quantitative estimate of drug-likeness (QED) is 0.726. The van der Waals surface area contributed by atoms with Crippen molar-refractivity contribution < 1.29 is 23.8 Å². The fraction of sp³-hybridized carbons (Fsp3) is 0.708. The number of alkyl halides is 2. The lowest BCUT2D eigenvalue weighted by atomic mass is 9.42. The predicted octanol–water partition coefficient (Wildman–Crippen LogP) is 4.11. The van der Waals surface area contributed by atoms with Crippen molar-refractivity contribution in [2.75, 3.05) is 6.61 Å². The van der Waals surface area contributed by atoms with Gasteiger partial charge in [0, 0.05) is 16.7 Å². The highest BCUT2D eigenvalue weighted by atomic mass is 19.1. The number of carbonyl (C=O) groups excluding carboxylic acids is 1. The smallest absolute Gasteiger partial charge is 0.190 e. The standard InChI is InChI=1S/C24H32F2O3/c1-13-6-7-21(4)18(8-13)19(25)10-17-16-9-14(2)24(29,20(28)12-27)22(16,5)11-15(3)23(17,21)26/h6-8,14-17,19,27,29H,1,9-12H2,2-5H3/t14-,15+,16+,17+,19+,21+,22+,23-,24+/m1/s1. The maximum atomic E-state index is 17.2. The third-order valence-electron chi connectivity index (χ3n) is 9.22. The summed E-state index contributed by atoms with van der Waals surface area (Å²) < 4.78 is 32.6. The van der Waals surface area contributed by atoms with Crippen molar-refractivity contribution in [3.05, 3.63) is 36.0 Å². The van der Waals surface area contributed by atoms with Gasteiger partial charge in [-0.15, -0.1) is 0 Å². The van der Waals surface area contributed by atoms with E-state index < -0.39 is 58.4 Å². The molecule has 5 heteroatoms. The third kappa shape index (κ3) is 2.21. The molecule has 0 aliphatic heterocycles. The van der Waals surface area contributed by atoms with E-state index in [9.17, 15) is 15.0 Å². The van der Waals surface area contributed by atoms with Gasteiger partial charge in [0.05, 0.1) is 0 Å². The fourth-order valence-corrected chi connectivity index (χ4v) is 7.84. The molecule has 3 nitrogen and oxygen atoms in total. The van der Waals surface area contributed by atoms with Crippen LogP contribution in [0, 0.1) is 34.5 Å². The van der Waals surface area contributed by atoms with Crippen molar-refractivity contribution in [2.24, 2.45) is 34.5 Å². The molecule has 9 atom stereocenters. The molecular weight excluding hydrogens is 374 g/mol. The van der Waals surface area contributed by atoms with Crippen molar-refractivity contribution >= 4 is 5.78 Å². The van der Waals surface area contributed by atoms with Crippen LogP contribution in [-0.4, -0.2) is 40.0 Å². The monoisotopic (exact) mass is 406 g/mol. The number of fused-ring (bicyclic) bond motifs is 5. The molecule has 2 N–H and O–H groups in total. The summed E-state index contributed by atoms with van der Waals surface area (Å²) in [5.41, 5.74) is -4.26. The number of rotatable bonds is 2. The van der Waals surface area contributed by atoms with Crippen molar-refractivity contribution in [3.8, 4) is 0 Å². The van der Waals surface area contributed by atoms with Crippen LogP contribution in [-0.2, 0) is 4.79 Å². The average molecular weight is 407 g/mol. The number of aliphatic hydroxyl groups is 2. The van der Waals surface area contributed by atoms with E-state index in [4.69, 9.17) is 0 Å². The van der Waals surface area contributed by atoms with Crippen LogP contribution in [0.2, 0.25) is 0 Å². The molecule has 0 radical (unpaired) electrons. The lowest BCUT2D eigenvalue weighted by molar-refractivity contribution is -0.203. The highest BCUT2D eigenvalue weighted by Gasteiger charge is 2.75. The van der Waals surface area contributed by atoms with Crippen LogP contribution in [0.1, 0.15) is 47.0 Å². The number of ketones is 1. The van der Waals surface area contributed by atoms with Crippen molar-refractivity contribution in [3.63, 3.8) is 0 Å². The molecule has 3 fully saturated rings. The van der Waals surface area contributed by atoms with Gasteiger partial charge in [-0.05, 0) is 55.1 Å². The maximum Gasteiger partial charge on any atom is 0.190 e. The van der Waals surface area contributed by atoms with Crippen LogP contribution < -0.4 is 0 Å². The van der Waals surface area contributed by atoms with E-state index in [1.165, 1.54) is 0 Å². The highest BCUT2D eigenvalue weighted by Crippen LogP contribution is 2.72. The summed E-state index contributed by atoms with van der Waals surface area (Å²) in [6, 6.07) is 0. The Morgan fingerprint density at radius 2 is 1.90 bits per heavy atom. The first-order valence-corrected chi connectivity index (χ1v) is 10.7. The van der Waals surface area contributed by atoms with Gasteiger partial charge in [-0.2, -0.15) is 0 Å². The SMILES string of the molecule is C=C1C=C[C@@]2(C)C(=C1)[C@@H](F)C[C@H]1[C@@H]3C[C@@H](C)[C@](O)(C(=O)CO)[C@@]3(C)C[C@H](C)[C@@]12F. The molecule has 3 saturated carbocycles. The number of allylic oxidation sites excluding steroid dienone is 5. The van der Waals surface area contributed by atoms with Crippen LogP contribution >= 0.6 is 0 Å². The van der Waals surface area contributed by atoms with E-state index >= 15 is 8.78 Å². The summed E-state index contributed by atoms with van der Waals surface area (Å²) in [6.07, 6.45) is 4.73. The van der Waals surface area contributed by atoms with E-state index in [-0.39, 0.29) is 12.3 Å². The molecule has 29 heavy (non-hydrogen) atoms. The minimum atomic E-state index is -1.72. The summed E-state index contributed by atoms with van der Waals surface area (Å²) in [5.74, 6) is -2.48. The fourth-order valence-electron chi connectivity index (χ4n) is 7.84. The zero-order chi connectivity index (χ0) is 21.6. The van der Waals surface area contributed by atoms with Gasteiger partial charge >= 0.3 is 0 Å². The zero-order valence-corrected chi connectivity index (χ0v) is 17.7. The lowest BCUT2D eigenvalue weighted by Crippen LogP contribution is -2.68. The molecule has 0 unspecified atom stereocenters. The molecule has 0 bridgehead atoms. The van der Waals surface area contributed by atoms with E-state index in [1.54, 1.807) is 32.1 Å². The summed E-state index contributed by atoms with van der Waals surface area (Å²) in [5, 5.41) is 21.0. The van der Waals surface area contributed by atoms with E-state index in [2.05, 4.69) is 6.58 Å². The highest BCUT2D eigenvalue weighted by molar-refractivity contribution is 5.90. The number of hydrogen-bond acceptors (Lipinski definition) is 3. The molecule has 4 aliphatic rings. The number of hydrogen-bond donors (Lipinski definition) is 2. The molecule has 0 aromatic heterocycles. The van der Waals surface area contributed by atoms with Crippen LogP contribution in [0.4, 0.5) is 8.78 Å². The van der Waals surface area contributed by atoms with E-state index in [1.807, 2.05) is 13.8 Å². The van der Waals surface area contributed by atoms with Gasteiger partial charge in [0.1, 0.15) is 24.0 Å². The molecule has 0 saturated heterocycles. The average Bonchev–Trinajstić information content (AvgIpc) is 2.86. The van der Waals surface area contributed by atoms with Gasteiger partial charge in [-0.25, -0.2) is 8.78 Å². The summed E-state index contributed by atoms with van der Waals surface area (Å²) in [6.45, 7) is 10.4. The minimum Gasteiger partial charge on any atom is -0.388 e. The summed E-state index contributed by atoms with van der Waals surface area (Å²) in [7, 11) is 0. The van der Waals surface area contributed by atoms with Gasteiger partial charge in [-0.1, -0.05) is 45.6 Å². The molecule has 0 amide bonds. The van der Waals surface area contributed by atoms with Crippen molar-refractivity contribution in [1.29, 1.82) is 0 Å². The Morgan fingerprint density at radius 3 is 2.52 bits per heavy atom. The van der Waals surface area contributed by atoms with Crippen LogP contribution in [0.5, 0.6) is 0 Å². The molecule has 0 aromatic rings. The van der Waals surface area contributed by atoms with Gasteiger partial charge in [0.2, 0.25) is 0 Å². The Hall–Kier alpha value is -1.33. The second kappa shape index (κ2) is 6.10. The molecule has 0 aromatic carbocycles. The molecule has 4 aliphatic carbocycles. The van der Waals surface area contributed by atoms with Gasteiger partial charge < -0.3 is 10.2 Å². The van der Waals surface area contributed by atoms with Gasteiger partial charge in [-0.3, -0.25) is 4.79 Å². The maximum absolute atomic E-state index is 17.2. The zero-order valence-electron chi connectivity index (χ0n) is 17.7. The second-order valence-corrected chi connectivity index (χ2v) is 10.4. The molecular formula is C24H32F2O3. The largest absolute Gasteiger partial charge is 0.388 e. The Labute approximate surface area is 171 Å². The topological polar surface area (TPSA) is 57.5 Å². The minimum absolute atomic E-state index is 0.0414. The van der Waals surface area contributed by atoms with Crippen LogP contribution in [0.3, 0.4) is 0 Å². The first kappa shape index (κ1) is 20.9.